The van der Waals surface area contributed by atoms with Gasteiger partial charge in [0.2, 0.25) is 41.4 Å². The second-order valence-electron chi connectivity index (χ2n) is 21.9. The molecule has 0 saturated carbocycles. The fraction of sp³-hybridized carbons (Fsp3) is 0.459. The number of nitrogens with zero attached hydrogens (tertiary/aromatic N) is 5. The van der Waals surface area contributed by atoms with Gasteiger partial charge in [-0.2, -0.15) is 0 Å². The van der Waals surface area contributed by atoms with E-state index in [0.717, 1.165) is 22.3 Å². The summed E-state index contributed by atoms with van der Waals surface area (Å²) in [6, 6.07) is 32.2. The Balaban J connectivity index is 0.839. The molecule has 4 fully saturated rings. The molecule has 0 bridgehead atoms. The molecule has 0 radical (unpaired) electrons. The average Bonchev–Trinajstić information content (AvgIpc) is 4.25. The Morgan fingerprint density at radius 2 is 0.963 bits per heavy atom. The Kier molecular flexibility index (Phi) is 18.8. The minimum atomic E-state index is -1.04. The van der Waals surface area contributed by atoms with E-state index in [9.17, 15) is 33.6 Å². The van der Waals surface area contributed by atoms with Crippen molar-refractivity contribution >= 4 is 41.4 Å². The van der Waals surface area contributed by atoms with Crippen LogP contribution >= 0.6 is 0 Å². The Hall–Kier alpha value is -7.77. The van der Waals surface area contributed by atoms with Crippen LogP contribution in [0.1, 0.15) is 125 Å². The summed E-state index contributed by atoms with van der Waals surface area (Å²) in [6.45, 7) is 3.91. The minimum absolute atomic E-state index is 0.0447. The SMILES string of the molecule is CC[C@H](N)C(=O)N[C@@H]1C(=O)N2[C@@H](CC[C@@H]1CNC(=O)CCc1cn(C[C@H]3CC[C@H]4CC[C@@H](C(=O)NC(c5ccccc5)c5ccccc5)N4C(=O)[C@H]3NC(=O)[C@@H](N)CC)nn1)CC[C@H]2C(=O)NC(c1ccccc1)c1ccccc1. The fourth-order valence-electron chi connectivity index (χ4n) is 12.2. The van der Waals surface area contributed by atoms with E-state index in [-0.39, 0.29) is 67.6 Å². The highest BCUT2D eigenvalue weighted by molar-refractivity contribution is 5.95. The Morgan fingerprint density at radius 3 is 1.39 bits per heavy atom. The molecule has 4 saturated heterocycles. The van der Waals surface area contributed by atoms with E-state index in [1.807, 2.05) is 121 Å². The number of fused-ring (bicyclic) bond motifs is 2. The zero-order valence-corrected chi connectivity index (χ0v) is 45.7. The first-order valence-electron chi connectivity index (χ1n) is 28.5. The van der Waals surface area contributed by atoms with Gasteiger partial charge in [-0.25, -0.2) is 0 Å². The second kappa shape index (κ2) is 26.5. The van der Waals surface area contributed by atoms with Crippen molar-refractivity contribution in [1.29, 1.82) is 0 Å². The van der Waals surface area contributed by atoms with Gasteiger partial charge in [-0.05, 0) is 86.5 Å². The maximum Gasteiger partial charge on any atom is 0.246 e. The van der Waals surface area contributed by atoms with E-state index in [1.165, 1.54) is 0 Å². The van der Waals surface area contributed by atoms with Crippen molar-refractivity contribution in [3.8, 4) is 0 Å². The van der Waals surface area contributed by atoms with Crippen LogP contribution in [0.3, 0.4) is 0 Å². The summed E-state index contributed by atoms with van der Waals surface area (Å²) in [5, 5.41) is 24.2. The van der Waals surface area contributed by atoms with Crippen LogP contribution in [0.2, 0.25) is 0 Å². The molecule has 10 atom stereocenters. The first-order chi connectivity index (χ1) is 38.8. The lowest BCUT2D eigenvalue weighted by molar-refractivity contribution is -0.143. The van der Waals surface area contributed by atoms with E-state index in [0.29, 0.717) is 69.9 Å². The Bertz CT molecular complexity index is 2850. The van der Waals surface area contributed by atoms with Crippen molar-refractivity contribution < 1.29 is 33.6 Å². The van der Waals surface area contributed by atoms with E-state index in [1.54, 1.807) is 34.5 Å². The van der Waals surface area contributed by atoms with Gasteiger partial charge < -0.3 is 47.9 Å². The van der Waals surface area contributed by atoms with Crippen molar-refractivity contribution in [2.45, 2.75) is 158 Å². The van der Waals surface area contributed by atoms with Crippen LogP contribution in [0.25, 0.3) is 0 Å². The number of rotatable bonds is 21. The number of amides is 7. The number of aryl methyl sites for hydroxylation is 1. The molecule has 7 amide bonds. The molecule has 0 unspecified atom stereocenters. The molecule has 4 aliphatic heterocycles. The maximum absolute atomic E-state index is 14.9. The molecule has 4 aromatic carbocycles. The fourth-order valence-corrected chi connectivity index (χ4v) is 12.2. The van der Waals surface area contributed by atoms with Gasteiger partial charge in [0.15, 0.2) is 0 Å². The van der Waals surface area contributed by atoms with Gasteiger partial charge >= 0.3 is 0 Å². The van der Waals surface area contributed by atoms with Gasteiger partial charge in [0.05, 0.1) is 29.9 Å². The molecular weight excluding hydrogens is 1010 g/mol. The van der Waals surface area contributed by atoms with Crippen LogP contribution in [-0.4, -0.2) is 121 Å². The zero-order chi connectivity index (χ0) is 56.3. The Morgan fingerprint density at radius 1 is 0.562 bits per heavy atom. The third kappa shape index (κ3) is 13.3. The topological polar surface area (TPSA) is 269 Å². The van der Waals surface area contributed by atoms with Crippen LogP contribution in [0.5, 0.6) is 0 Å². The number of hydrogen-bond donors (Lipinski definition) is 7. The smallest absolute Gasteiger partial charge is 0.246 e. The summed E-state index contributed by atoms with van der Waals surface area (Å²) in [7, 11) is 0. The number of nitrogens with two attached hydrogens (primary N) is 2. The average molecular weight is 1090 g/mol. The molecule has 19 nitrogen and oxygen atoms in total. The van der Waals surface area contributed by atoms with Gasteiger partial charge in [0.25, 0.3) is 0 Å². The number of carbonyl (C=O) groups is 7. The van der Waals surface area contributed by atoms with E-state index >= 15 is 0 Å². The number of hydrogen-bond acceptors (Lipinski definition) is 11. The lowest BCUT2D eigenvalue weighted by Crippen LogP contribution is -2.59. The molecule has 9 rings (SSSR count). The summed E-state index contributed by atoms with van der Waals surface area (Å²) in [4.78, 5) is 102. The highest BCUT2D eigenvalue weighted by Crippen LogP contribution is 2.37. The number of benzene rings is 4. The molecule has 5 aromatic rings. The van der Waals surface area contributed by atoms with Gasteiger partial charge in [-0.15, -0.1) is 5.10 Å². The number of nitrogens with one attached hydrogen (secondary N) is 5. The van der Waals surface area contributed by atoms with Crippen molar-refractivity contribution in [1.82, 2.24) is 51.4 Å². The third-order valence-electron chi connectivity index (χ3n) is 16.8. The maximum atomic E-state index is 14.9. The molecular formula is C61H76N12O7. The van der Waals surface area contributed by atoms with Crippen LogP contribution in [0.15, 0.2) is 128 Å². The van der Waals surface area contributed by atoms with Crippen molar-refractivity contribution in [2.75, 3.05) is 6.54 Å². The van der Waals surface area contributed by atoms with Crippen molar-refractivity contribution in [2.24, 2.45) is 23.3 Å². The van der Waals surface area contributed by atoms with Gasteiger partial charge in [0.1, 0.15) is 24.2 Å². The molecule has 4 aliphatic rings. The molecule has 0 aliphatic carbocycles. The summed E-state index contributed by atoms with van der Waals surface area (Å²) in [6.07, 6.45) is 7.16. The van der Waals surface area contributed by atoms with Gasteiger partial charge in [-0.3, -0.25) is 38.2 Å². The van der Waals surface area contributed by atoms with Crippen LogP contribution < -0.4 is 38.1 Å². The molecule has 1 aromatic heterocycles. The van der Waals surface area contributed by atoms with Crippen molar-refractivity contribution in [3.05, 3.63) is 155 Å². The second-order valence-corrected chi connectivity index (χ2v) is 21.9. The summed E-state index contributed by atoms with van der Waals surface area (Å²) >= 11 is 0. The molecule has 0 spiro atoms. The van der Waals surface area contributed by atoms with Gasteiger partial charge in [-0.1, -0.05) is 140 Å². The molecule has 9 N–H and O–H groups in total. The number of aromatic nitrogens is 3. The van der Waals surface area contributed by atoms with Crippen LogP contribution in [0.4, 0.5) is 0 Å². The van der Waals surface area contributed by atoms with E-state index in [2.05, 4.69) is 36.9 Å². The van der Waals surface area contributed by atoms with Crippen molar-refractivity contribution in [3.63, 3.8) is 0 Å². The monoisotopic (exact) mass is 1090 g/mol. The summed E-state index contributed by atoms with van der Waals surface area (Å²) in [5.41, 5.74) is 16.5. The van der Waals surface area contributed by atoms with Gasteiger partial charge in [0, 0.05) is 56.0 Å². The highest BCUT2D eigenvalue weighted by Gasteiger charge is 2.50. The number of carbonyl (C=O) groups excluding carboxylic acids is 7. The molecule has 422 valence electrons. The van der Waals surface area contributed by atoms with E-state index < -0.39 is 72.0 Å². The standard InChI is InChI=1S/C61H76N12O7/c1-3-47(62)56(75)67-54-42(25-28-45-30-32-49(72(45)60(54)79)58(77)65-52(38-17-9-5-10-18-38)39-19-11-6-12-20-39)35-64-51(74)34-27-44-37-71(70-69-44)36-43-26-29-46-31-33-50(73(46)61(80)55(43)68-57(76)48(63)4-2)59(78)66-53(40-21-13-7-14-22-40)41-23-15-8-16-24-41/h5-24,37,42-43,45-50,52-55H,3-4,25-36,62-63H2,1-2H3,(H,64,74)(H,65,77)(H,66,78)(H,67,75)(H,68,76)/t42-,43-,45+,46+,47+,48+,49+,50+,54+,55+/m1/s1. The largest absolute Gasteiger partial charge is 0.356 e. The minimum Gasteiger partial charge on any atom is -0.356 e. The normalized spacial score (nSPS) is 23.5. The Labute approximate surface area is 467 Å². The summed E-state index contributed by atoms with van der Waals surface area (Å²) in [5.74, 6) is -3.40. The predicted molar refractivity (Wildman–Crippen MR) is 300 cm³/mol. The summed E-state index contributed by atoms with van der Waals surface area (Å²) < 4.78 is 1.63. The molecule has 19 heteroatoms. The first kappa shape index (κ1) is 56.9. The lowest BCUT2D eigenvalue weighted by atomic mass is 9.92. The zero-order valence-electron chi connectivity index (χ0n) is 45.7. The van der Waals surface area contributed by atoms with Crippen LogP contribution in [-0.2, 0) is 46.5 Å². The van der Waals surface area contributed by atoms with Crippen LogP contribution in [0, 0.1) is 11.8 Å². The molecule has 80 heavy (non-hydrogen) atoms. The first-order valence-corrected chi connectivity index (χ1v) is 28.5. The lowest BCUT2D eigenvalue weighted by Gasteiger charge is -2.33. The molecule has 5 heterocycles. The third-order valence-corrected chi connectivity index (χ3v) is 16.8. The quantitative estimate of drug-likeness (QED) is 0.0550. The predicted octanol–water partition coefficient (Wildman–Crippen LogP) is 4.12. The van der Waals surface area contributed by atoms with E-state index in [4.69, 9.17) is 11.5 Å². The highest BCUT2D eigenvalue weighted by atomic mass is 16.2.